The predicted octanol–water partition coefficient (Wildman–Crippen LogP) is 4.11. The fraction of sp³-hybridized carbons (Fsp3) is 0.133. The number of rotatable bonds is 2. The minimum absolute atomic E-state index is 0.344. The van der Waals surface area contributed by atoms with Crippen molar-refractivity contribution in [3.8, 4) is 10.6 Å². The SMILES string of the molecule is COC(=O)c1nc(-c2ccc(Cl)c3cccnc23)sc1C. The van der Waals surface area contributed by atoms with Crippen LogP contribution in [0.2, 0.25) is 5.02 Å². The van der Waals surface area contributed by atoms with Gasteiger partial charge in [-0.1, -0.05) is 11.6 Å². The van der Waals surface area contributed by atoms with E-state index >= 15 is 0 Å². The number of pyridine rings is 1. The lowest BCUT2D eigenvalue weighted by atomic mass is 10.1. The summed E-state index contributed by atoms with van der Waals surface area (Å²) in [7, 11) is 1.35. The summed E-state index contributed by atoms with van der Waals surface area (Å²) in [5, 5.41) is 2.24. The number of methoxy groups -OCH3 is 1. The van der Waals surface area contributed by atoms with Crippen LogP contribution in [-0.4, -0.2) is 23.0 Å². The van der Waals surface area contributed by atoms with Crippen LogP contribution in [0.15, 0.2) is 30.5 Å². The summed E-state index contributed by atoms with van der Waals surface area (Å²) in [4.78, 5) is 21.3. The number of hydrogen-bond donors (Lipinski definition) is 0. The van der Waals surface area contributed by atoms with Crippen molar-refractivity contribution in [2.24, 2.45) is 0 Å². The normalized spacial score (nSPS) is 10.8. The first-order valence-corrected chi connectivity index (χ1v) is 7.40. The van der Waals surface area contributed by atoms with Crippen LogP contribution in [-0.2, 0) is 4.74 Å². The highest BCUT2D eigenvalue weighted by atomic mass is 35.5. The van der Waals surface area contributed by atoms with E-state index in [1.807, 2.05) is 31.2 Å². The van der Waals surface area contributed by atoms with Gasteiger partial charge in [0, 0.05) is 22.0 Å². The van der Waals surface area contributed by atoms with E-state index in [-0.39, 0.29) is 0 Å². The van der Waals surface area contributed by atoms with Gasteiger partial charge in [-0.05, 0) is 31.2 Å². The molecule has 0 atom stereocenters. The number of halogens is 1. The molecule has 4 nitrogen and oxygen atoms in total. The third-order valence-electron chi connectivity index (χ3n) is 3.12. The number of ether oxygens (including phenoxy) is 1. The maximum Gasteiger partial charge on any atom is 0.357 e. The summed E-state index contributed by atoms with van der Waals surface area (Å²) in [5.74, 6) is -0.429. The number of fused-ring (bicyclic) bond motifs is 1. The first kappa shape index (κ1) is 14.0. The highest BCUT2D eigenvalue weighted by Crippen LogP contribution is 2.34. The first-order chi connectivity index (χ1) is 10.1. The minimum Gasteiger partial charge on any atom is -0.464 e. The number of hydrogen-bond acceptors (Lipinski definition) is 5. The van der Waals surface area contributed by atoms with Crippen LogP contribution in [0.4, 0.5) is 0 Å². The second-order valence-electron chi connectivity index (χ2n) is 4.41. The second-order valence-corrected chi connectivity index (χ2v) is 6.02. The number of esters is 1. The van der Waals surface area contributed by atoms with Gasteiger partial charge in [-0.15, -0.1) is 11.3 Å². The van der Waals surface area contributed by atoms with Gasteiger partial charge in [0.05, 0.1) is 17.6 Å². The topological polar surface area (TPSA) is 52.1 Å². The lowest BCUT2D eigenvalue weighted by Gasteiger charge is -2.04. The molecule has 0 N–H and O–H groups in total. The van der Waals surface area contributed by atoms with Gasteiger partial charge in [-0.3, -0.25) is 4.98 Å². The average molecular weight is 319 g/mol. The molecule has 0 saturated heterocycles. The molecule has 1 aromatic carbocycles. The van der Waals surface area contributed by atoms with E-state index in [1.165, 1.54) is 18.4 Å². The van der Waals surface area contributed by atoms with Gasteiger partial charge in [0.25, 0.3) is 0 Å². The van der Waals surface area contributed by atoms with E-state index in [1.54, 1.807) is 6.20 Å². The Morgan fingerprint density at radius 3 is 2.90 bits per heavy atom. The Balaban J connectivity index is 2.22. The molecule has 0 saturated carbocycles. The summed E-state index contributed by atoms with van der Waals surface area (Å²) in [6, 6.07) is 7.44. The number of carbonyl (C=O) groups is 1. The van der Waals surface area contributed by atoms with Crippen LogP contribution in [0.3, 0.4) is 0 Å². The minimum atomic E-state index is -0.429. The molecule has 2 aromatic heterocycles. The molecule has 0 aliphatic carbocycles. The molecule has 3 rings (SSSR count). The standard InChI is InChI=1S/C15H11ClN2O2S/c1-8-12(15(19)20-2)18-14(21-8)10-5-6-11(16)9-4-3-7-17-13(9)10/h3-7H,1-2H3. The Morgan fingerprint density at radius 1 is 1.33 bits per heavy atom. The molecule has 106 valence electrons. The van der Waals surface area contributed by atoms with Crippen LogP contribution in [0.1, 0.15) is 15.4 Å². The molecule has 21 heavy (non-hydrogen) atoms. The zero-order chi connectivity index (χ0) is 15.0. The largest absolute Gasteiger partial charge is 0.464 e. The third kappa shape index (κ3) is 2.39. The average Bonchev–Trinajstić information content (AvgIpc) is 2.89. The lowest BCUT2D eigenvalue weighted by Crippen LogP contribution is -2.03. The Bertz CT molecular complexity index is 845. The van der Waals surface area contributed by atoms with E-state index in [9.17, 15) is 4.79 Å². The first-order valence-electron chi connectivity index (χ1n) is 6.21. The molecule has 0 spiro atoms. The maximum absolute atomic E-state index is 11.7. The van der Waals surface area contributed by atoms with Crippen molar-refractivity contribution in [3.05, 3.63) is 46.1 Å². The van der Waals surface area contributed by atoms with Gasteiger partial charge < -0.3 is 4.74 Å². The lowest BCUT2D eigenvalue weighted by molar-refractivity contribution is 0.0594. The van der Waals surface area contributed by atoms with E-state index in [2.05, 4.69) is 9.97 Å². The summed E-state index contributed by atoms with van der Waals surface area (Å²) in [6.45, 7) is 1.85. The number of nitrogens with zero attached hydrogens (tertiary/aromatic N) is 2. The fourth-order valence-corrected chi connectivity index (χ4v) is 3.25. The number of carbonyl (C=O) groups excluding carboxylic acids is 1. The van der Waals surface area contributed by atoms with Crippen molar-refractivity contribution in [1.82, 2.24) is 9.97 Å². The second kappa shape index (κ2) is 5.42. The molecule has 0 aliphatic heterocycles. The maximum atomic E-state index is 11.7. The predicted molar refractivity (Wildman–Crippen MR) is 83.9 cm³/mol. The van der Waals surface area contributed by atoms with Crippen LogP contribution >= 0.6 is 22.9 Å². The van der Waals surface area contributed by atoms with Gasteiger partial charge in [0.15, 0.2) is 5.69 Å². The smallest absolute Gasteiger partial charge is 0.357 e. The molecule has 0 aliphatic rings. The van der Waals surface area contributed by atoms with Gasteiger partial charge in [-0.2, -0.15) is 0 Å². The van der Waals surface area contributed by atoms with Crippen molar-refractivity contribution in [2.45, 2.75) is 6.92 Å². The summed E-state index contributed by atoms with van der Waals surface area (Å²) >= 11 is 7.63. The Kier molecular flexibility index (Phi) is 3.61. The summed E-state index contributed by atoms with van der Waals surface area (Å²) in [5.41, 5.74) is 1.98. The molecule has 0 radical (unpaired) electrons. The molecular formula is C15H11ClN2O2S. The van der Waals surface area contributed by atoms with E-state index in [0.29, 0.717) is 10.7 Å². The molecule has 2 heterocycles. The van der Waals surface area contributed by atoms with Crippen molar-refractivity contribution in [3.63, 3.8) is 0 Å². The van der Waals surface area contributed by atoms with E-state index < -0.39 is 5.97 Å². The highest BCUT2D eigenvalue weighted by Gasteiger charge is 2.18. The quantitative estimate of drug-likeness (QED) is 0.667. The van der Waals surface area contributed by atoms with Crippen LogP contribution < -0.4 is 0 Å². The number of aryl methyl sites for hydroxylation is 1. The van der Waals surface area contributed by atoms with Crippen molar-refractivity contribution < 1.29 is 9.53 Å². The molecular weight excluding hydrogens is 308 g/mol. The fourth-order valence-electron chi connectivity index (χ4n) is 2.11. The van der Waals surface area contributed by atoms with E-state index in [4.69, 9.17) is 16.3 Å². The van der Waals surface area contributed by atoms with Crippen molar-refractivity contribution >= 4 is 39.8 Å². The van der Waals surface area contributed by atoms with E-state index in [0.717, 1.165) is 26.4 Å². The molecule has 6 heteroatoms. The summed E-state index contributed by atoms with van der Waals surface area (Å²) < 4.78 is 4.74. The third-order valence-corrected chi connectivity index (χ3v) is 4.46. The Labute approximate surface area is 130 Å². The van der Waals surface area contributed by atoms with Crippen LogP contribution in [0, 0.1) is 6.92 Å². The Morgan fingerprint density at radius 2 is 2.14 bits per heavy atom. The van der Waals surface area contributed by atoms with Gasteiger partial charge in [0.1, 0.15) is 5.01 Å². The molecule has 0 unspecified atom stereocenters. The van der Waals surface area contributed by atoms with Crippen molar-refractivity contribution in [1.29, 1.82) is 0 Å². The van der Waals surface area contributed by atoms with Crippen LogP contribution in [0.5, 0.6) is 0 Å². The van der Waals surface area contributed by atoms with Crippen LogP contribution in [0.25, 0.3) is 21.5 Å². The number of aromatic nitrogens is 2. The molecule has 0 bridgehead atoms. The van der Waals surface area contributed by atoms with Gasteiger partial charge in [0.2, 0.25) is 0 Å². The molecule has 0 fully saturated rings. The van der Waals surface area contributed by atoms with Gasteiger partial charge in [-0.25, -0.2) is 9.78 Å². The molecule has 0 amide bonds. The molecule has 3 aromatic rings. The number of benzene rings is 1. The Hall–Kier alpha value is -1.98. The van der Waals surface area contributed by atoms with Crippen molar-refractivity contribution in [2.75, 3.05) is 7.11 Å². The van der Waals surface area contributed by atoms with Gasteiger partial charge >= 0.3 is 5.97 Å². The zero-order valence-corrected chi connectivity index (χ0v) is 13.0. The highest BCUT2D eigenvalue weighted by molar-refractivity contribution is 7.15. The summed E-state index contributed by atoms with van der Waals surface area (Å²) in [6.07, 6.45) is 1.71. The number of thiazole rings is 1. The zero-order valence-electron chi connectivity index (χ0n) is 11.4. The monoisotopic (exact) mass is 318 g/mol.